The van der Waals surface area contributed by atoms with Crippen LogP contribution in [0.3, 0.4) is 0 Å². The predicted octanol–water partition coefficient (Wildman–Crippen LogP) is 2.17. The Hall–Kier alpha value is -2.71. The van der Waals surface area contributed by atoms with E-state index >= 15 is 0 Å². The zero-order chi connectivity index (χ0) is 15.6. The summed E-state index contributed by atoms with van der Waals surface area (Å²) in [5, 5.41) is 0. The largest absolute Gasteiger partial charge is 0.487 e. The Morgan fingerprint density at radius 2 is 2.05 bits per heavy atom. The first kappa shape index (κ1) is 14.7. The van der Waals surface area contributed by atoms with Crippen molar-refractivity contribution in [2.75, 3.05) is 12.8 Å². The quantitative estimate of drug-likeness (QED) is 0.848. The van der Waals surface area contributed by atoms with Crippen LogP contribution >= 0.6 is 0 Å². The van der Waals surface area contributed by atoms with Crippen molar-refractivity contribution in [3.05, 3.63) is 40.4 Å². The lowest BCUT2D eigenvalue weighted by Gasteiger charge is -2.12. The molecular formula is C12H10F3N3O3. The van der Waals surface area contributed by atoms with E-state index in [1.54, 1.807) is 0 Å². The maximum atomic E-state index is 12.5. The average molecular weight is 301 g/mol. The number of hydrogen-bond acceptors (Lipinski definition) is 5. The van der Waals surface area contributed by atoms with E-state index in [2.05, 4.69) is 9.97 Å². The van der Waals surface area contributed by atoms with Crippen LogP contribution in [0.2, 0.25) is 0 Å². The number of benzene rings is 1. The van der Waals surface area contributed by atoms with Gasteiger partial charge in [-0.2, -0.15) is 13.2 Å². The van der Waals surface area contributed by atoms with Gasteiger partial charge >= 0.3 is 6.18 Å². The third-order valence-corrected chi connectivity index (χ3v) is 2.53. The number of aromatic amines is 1. The molecule has 0 amide bonds. The summed E-state index contributed by atoms with van der Waals surface area (Å²) in [4.78, 5) is 17.5. The van der Waals surface area contributed by atoms with Gasteiger partial charge in [0.25, 0.3) is 11.4 Å². The number of H-pyrrole nitrogens is 1. The summed E-state index contributed by atoms with van der Waals surface area (Å²) in [5.41, 5.74) is 3.78. The Labute approximate surface area is 116 Å². The number of aromatic nitrogens is 2. The first-order valence-corrected chi connectivity index (χ1v) is 5.59. The summed E-state index contributed by atoms with van der Waals surface area (Å²) in [5.74, 6) is -0.482. The number of ether oxygens (including phenoxy) is 2. The molecule has 2 aromatic rings. The SMILES string of the molecule is COc1c(Oc2ccc(C(F)(F)F)cc2N)nc[nH]c1=O. The number of halogens is 3. The standard InChI is InChI=1S/C12H10F3N3O3/c1-20-9-10(19)17-5-18-11(9)21-8-3-2-6(4-7(8)16)12(13,14)15/h2-5H,16H2,1H3,(H,17,18,19). The van der Waals surface area contributed by atoms with Gasteiger partial charge in [0.15, 0.2) is 5.75 Å². The van der Waals surface area contributed by atoms with Crippen LogP contribution in [0.25, 0.3) is 0 Å². The molecule has 9 heteroatoms. The smallest absolute Gasteiger partial charge is 0.416 e. The lowest BCUT2D eigenvalue weighted by Crippen LogP contribution is -2.11. The van der Waals surface area contributed by atoms with Gasteiger partial charge in [0.1, 0.15) is 0 Å². The molecule has 3 N–H and O–H groups in total. The van der Waals surface area contributed by atoms with Crippen molar-refractivity contribution < 1.29 is 22.6 Å². The third-order valence-electron chi connectivity index (χ3n) is 2.53. The summed E-state index contributed by atoms with van der Waals surface area (Å²) in [6.07, 6.45) is -3.44. The van der Waals surface area contributed by atoms with Crippen LogP contribution < -0.4 is 20.8 Å². The number of anilines is 1. The van der Waals surface area contributed by atoms with Crippen molar-refractivity contribution >= 4 is 5.69 Å². The molecule has 0 unspecified atom stereocenters. The number of hydrogen-bond donors (Lipinski definition) is 2. The van der Waals surface area contributed by atoms with Crippen LogP contribution in [-0.4, -0.2) is 17.1 Å². The molecule has 1 aromatic heterocycles. The number of alkyl halides is 3. The summed E-state index contributed by atoms with van der Waals surface area (Å²) in [6.45, 7) is 0. The van der Waals surface area contributed by atoms with Gasteiger partial charge in [0, 0.05) is 0 Å². The van der Waals surface area contributed by atoms with Gasteiger partial charge in [-0.15, -0.1) is 0 Å². The third kappa shape index (κ3) is 3.07. The van der Waals surface area contributed by atoms with Crippen LogP contribution in [0, 0.1) is 0 Å². The number of nitrogens with one attached hydrogen (secondary N) is 1. The molecule has 6 nitrogen and oxygen atoms in total. The fourth-order valence-electron chi connectivity index (χ4n) is 1.55. The van der Waals surface area contributed by atoms with E-state index < -0.39 is 17.3 Å². The summed E-state index contributed by atoms with van der Waals surface area (Å²) in [6, 6.07) is 2.58. The van der Waals surface area contributed by atoms with E-state index in [9.17, 15) is 18.0 Å². The van der Waals surface area contributed by atoms with Gasteiger partial charge in [-0.3, -0.25) is 4.79 Å². The molecule has 0 aliphatic heterocycles. The number of rotatable bonds is 3. The molecule has 0 atom stereocenters. The molecule has 0 radical (unpaired) electrons. The van der Waals surface area contributed by atoms with Crippen molar-refractivity contribution in [3.63, 3.8) is 0 Å². The molecular weight excluding hydrogens is 291 g/mol. The second-order valence-corrected chi connectivity index (χ2v) is 3.92. The molecule has 0 bridgehead atoms. The Balaban J connectivity index is 2.37. The average Bonchev–Trinajstić information content (AvgIpc) is 2.40. The number of nitrogens with two attached hydrogens (primary N) is 1. The molecule has 21 heavy (non-hydrogen) atoms. The van der Waals surface area contributed by atoms with E-state index in [0.29, 0.717) is 0 Å². The van der Waals surface area contributed by atoms with E-state index in [1.807, 2.05) is 0 Å². The second kappa shape index (κ2) is 5.35. The first-order valence-electron chi connectivity index (χ1n) is 5.59. The highest BCUT2D eigenvalue weighted by molar-refractivity contribution is 5.56. The normalized spacial score (nSPS) is 11.2. The van der Waals surface area contributed by atoms with Crippen molar-refractivity contribution in [1.29, 1.82) is 0 Å². The Morgan fingerprint density at radius 1 is 1.33 bits per heavy atom. The molecule has 2 rings (SSSR count). The number of nitrogen functional groups attached to an aromatic ring is 1. The molecule has 1 heterocycles. The summed E-state index contributed by atoms with van der Waals surface area (Å²) < 4.78 is 47.6. The fraction of sp³-hybridized carbons (Fsp3) is 0.167. The molecule has 0 spiro atoms. The lowest BCUT2D eigenvalue weighted by atomic mass is 10.2. The highest BCUT2D eigenvalue weighted by atomic mass is 19.4. The van der Waals surface area contributed by atoms with Crippen molar-refractivity contribution in [1.82, 2.24) is 9.97 Å². The Morgan fingerprint density at radius 3 is 2.62 bits per heavy atom. The van der Waals surface area contributed by atoms with Crippen LogP contribution in [0.4, 0.5) is 18.9 Å². The zero-order valence-electron chi connectivity index (χ0n) is 10.7. The molecule has 1 aromatic carbocycles. The minimum absolute atomic E-state index is 0.0700. The summed E-state index contributed by atoms with van der Waals surface area (Å²) in [7, 11) is 1.23. The first-order chi connectivity index (χ1) is 9.82. The molecule has 0 saturated carbocycles. The highest BCUT2D eigenvalue weighted by Gasteiger charge is 2.31. The van der Waals surface area contributed by atoms with Gasteiger partial charge in [-0.05, 0) is 18.2 Å². The van der Waals surface area contributed by atoms with Gasteiger partial charge in [0.2, 0.25) is 5.75 Å². The van der Waals surface area contributed by atoms with Gasteiger partial charge in [-0.1, -0.05) is 0 Å². The molecule has 0 fully saturated rings. The fourth-order valence-corrected chi connectivity index (χ4v) is 1.55. The van der Waals surface area contributed by atoms with E-state index in [1.165, 1.54) is 7.11 Å². The van der Waals surface area contributed by atoms with Crippen LogP contribution in [-0.2, 0) is 6.18 Å². The minimum atomic E-state index is -4.51. The van der Waals surface area contributed by atoms with E-state index in [4.69, 9.17) is 15.2 Å². The van der Waals surface area contributed by atoms with Gasteiger partial charge in [0.05, 0.1) is 24.7 Å². The van der Waals surface area contributed by atoms with Crippen LogP contribution in [0.15, 0.2) is 29.3 Å². The van der Waals surface area contributed by atoms with Crippen molar-refractivity contribution in [2.24, 2.45) is 0 Å². The second-order valence-electron chi connectivity index (χ2n) is 3.92. The van der Waals surface area contributed by atoms with Crippen molar-refractivity contribution in [3.8, 4) is 17.4 Å². The predicted molar refractivity (Wildman–Crippen MR) is 67.3 cm³/mol. The van der Waals surface area contributed by atoms with Crippen LogP contribution in [0.5, 0.6) is 17.4 Å². The number of methoxy groups -OCH3 is 1. The number of nitrogens with zero attached hydrogens (tertiary/aromatic N) is 1. The molecule has 0 saturated heterocycles. The monoisotopic (exact) mass is 301 g/mol. The van der Waals surface area contributed by atoms with Crippen LogP contribution in [0.1, 0.15) is 5.56 Å². The molecule has 0 aliphatic rings. The van der Waals surface area contributed by atoms with Crippen molar-refractivity contribution in [2.45, 2.75) is 6.18 Å². The Bertz CT molecular complexity index is 713. The minimum Gasteiger partial charge on any atom is -0.487 e. The van der Waals surface area contributed by atoms with E-state index in [-0.39, 0.29) is 23.1 Å². The molecule has 112 valence electrons. The lowest BCUT2D eigenvalue weighted by molar-refractivity contribution is -0.137. The zero-order valence-corrected chi connectivity index (χ0v) is 10.7. The summed E-state index contributed by atoms with van der Waals surface area (Å²) >= 11 is 0. The topological polar surface area (TPSA) is 90.2 Å². The maximum Gasteiger partial charge on any atom is 0.416 e. The highest BCUT2D eigenvalue weighted by Crippen LogP contribution is 2.35. The van der Waals surface area contributed by atoms with Gasteiger partial charge in [-0.25, -0.2) is 4.98 Å². The molecule has 0 aliphatic carbocycles. The maximum absolute atomic E-state index is 12.5. The van der Waals surface area contributed by atoms with Gasteiger partial charge < -0.3 is 20.2 Å². The Kier molecular flexibility index (Phi) is 3.74. The van der Waals surface area contributed by atoms with E-state index in [0.717, 1.165) is 24.5 Å².